The molecule has 1 aromatic rings. The van der Waals surface area contributed by atoms with Gasteiger partial charge < -0.3 is 5.32 Å². The summed E-state index contributed by atoms with van der Waals surface area (Å²) in [6.45, 7) is 6.06. The number of sulfonamides is 1. The Labute approximate surface area is 151 Å². The van der Waals surface area contributed by atoms with Crippen molar-refractivity contribution in [3.8, 4) is 0 Å². The summed E-state index contributed by atoms with van der Waals surface area (Å²) < 4.78 is 27.0. The zero-order valence-electron chi connectivity index (χ0n) is 15.3. The summed E-state index contributed by atoms with van der Waals surface area (Å²) in [6.07, 6.45) is 4.04. The summed E-state index contributed by atoms with van der Waals surface area (Å²) in [5, 5.41) is 2.95. The van der Waals surface area contributed by atoms with Gasteiger partial charge in [0.1, 0.15) is 0 Å². The molecule has 5 nitrogen and oxygen atoms in total. The largest absolute Gasteiger partial charge is 0.356 e. The number of nitrogens with zero attached hydrogens (tertiary/aromatic N) is 1. The molecule has 140 valence electrons. The summed E-state index contributed by atoms with van der Waals surface area (Å²) in [5.74, 6) is 0.905. The third-order valence-corrected chi connectivity index (χ3v) is 6.57. The maximum absolute atomic E-state index is 12.7. The topological polar surface area (TPSA) is 66.5 Å². The van der Waals surface area contributed by atoms with Gasteiger partial charge in [-0.15, -0.1) is 0 Å². The molecule has 0 aromatic heterocycles. The normalized spacial score (nSPS) is 19.1. The molecule has 1 aliphatic heterocycles. The molecule has 0 spiro atoms. The highest BCUT2D eigenvalue weighted by Crippen LogP contribution is 2.26. The first-order chi connectivity index (χ1) is 11.9. The molecule has 1 fully saturated rings. The first kappa shape index (κ1) is 19.9. The van der Waals surface area contributed by atoms with Crippen LogP contribution < -0.4 is 5.32 Å². The minimum absolute atomic E-state index is 0.0729. The molecule has 1 unspecified atom stereocenters. The van der Waals surface area contributed by atoms with Gasteiger partial charge in [0.25, 0.3) is 0 Å². The van der Waals surface area contributed by atoms with Crippen LogP contribution in [0, 0.1) is 11.8 Å². The molecule has 0 aliphatic carbocycles. The molecule has 0 bridgehead atoms. The number of hydrogen-bond donors (Lipinski definition) is 1. The van der Waals surface area contributed by atoms with E-state index in [0.29, 0.717) is 30.3 Å². The highest BCUT2D eigenvalue weighted by atomic mass is 32.2. The Morgan fingerprint density at radius 2 is 2.00 bits per heavy atom. The minimum atomic E-state index is -3.42. The third-order valence-electron chi connectivity index (χ3n) is 4.69. The number of carbonyl (C=O) groups is 1. The summed E-state index contributed by atoms with van der Waals surface area (Å²) in [7, 11) is -3.42. The van der Waals surface area contributed by atoms with Gasteiger partial charge in [0.05, 0.1) is 4.90 Å². The zero-order chi connectivity index (χ0) is 18.3. The van der Waals surface area contributed by atoms with Gasteiger partial charge in [0.15, 0.2) is 0 Å². The fourth-order valence-electron chi connectivity index (χ4n) is 3.15. The minimum Gasteiger partial charge on any atom is -0.356 e. The number of hydrogen-bond acceptors (Lipinski definition) is 3. The number of nitrogens with one attached hydrogen (secondary N) is 1. The SMILES string of the molecule is CC(C)CCNC(=O)CCC1CCCN(S(=O)(=O)c2ccccc2)C1. The van der Waals surface area contributed by atoms with Crippen molar-refractivity contribution in [3.05, 3.63) is 30.3 Å². The van der Waals surface area contributed by atoms with E-state index in [2.05, 4.69) is 19.2 Å². The molecule has 0 radical (unpaired) electrons. The van der Waals surface area contributed by atoms with Crippen LogP contribution in [0.5, 0.6) is 0 Å². The standard InChI is InChI=1S/C19H30N2O3S/c1-16(2)12-13-20-19(22)11-10-17-7-6-14-21(15-17)25(23,24)18-8-4-3-5-9-18/h3-5,8-9,16-17H,6-7,10-15H2,1-2H3,(H,20,22). The first-order valence-electron chi connectivity index (χ1n) is 9.21. The van der Waals surface area contributed by atoms with Gasteiger partial charge in [-0.05, 0) is 49.7 Å². The highest BCUT2D eigenvalue weighted by molar-refractivity contribution is 7.89. The van der Waals surface area contributed by atoms with Crippen LogP contribution in [0.1, 0.15) is 46.0 Å². The van der Waals surface area contributed by atoms with Crippen LogP contribution in [0.4, 0.5) is 0 Å². The van der Waals surface area contributed by atoms with E-state index in [1.807, 2.05) is 6.07 Å². The number of carbonyl (C=O) groups excluding carboxylic acids is 1. The average Bonchev–Trinajstić information content (AvgIpc) is 2.60. The fraction of sp³-hybridized carbons (Fsp3) is 0.632. The molecular formula is C19H30N2O3S. The second kappa shape index (κ2) is 9.34. The van der Waals surface area contributed by atoms with E-state index in [0.717, 1.165) is 32.2 Å². The lowest BCUT2D eigenvalue weighted by molar-refractivity contribution is -0.121. The van der Waals surface area contributed by atoms with Crippen LogP contribution in [0.2, 0.25) is 0 Å². The van der Waals surface area contributed by atoms with Crippen LogP contribution in [0.25, 0.3) is 0 Å². The van der Waals surface area contributed by atoms with Crippen molar-refractivity contribution >= 4 is 15.9 Å². The Hall–Kier alpha value is -1.40. The Balaban J connectivity index is 1.84. The fourth-order valence-corrected chi connectivity index (χ4v) is 4.72. The lowest BCUT2D eigenvalue weighted by Gasteiger charge is -2.31. The number of piperidine rings is 1. The predicted molar refractivity (Wildman–Crippen MR) is 99.6 cm³/mol. The van der Waals surface area contributed by atoms with Crippen LogP contribution in [-0.4, -0.2) is 38.3 Å². The molecule has 2 rings (SSSR count). The van der Waals surface area contributed by atoms with Gasteiger partial charge in [-0.2, -0.15) is 4.31 Å². The van der Waals surface area contributed by atoms with E-state index in [-0.39, 0.29) is 11.8 Å². The van der Waals surface area contributed by atoms with Gasteiger partial charge in [-0.25, -0.2) is 8.42 Å². The average molecular weight is 367 g/mol. The Bertz CT molecular complexity index is 644. The van der Waals surface area contributed by atoms with Crippen LogP contribution in [-0.2, 0) is 14.8 Å². The molecule has 1 aliphatic rings. The van der Waals surface area contributed by atoms with Gasteiger partial charge in [0.2, 0.25) is 15.9 Å². The molecule has 25 heavy (non-hydrogen) atoms. The third kappa shape index (κ3) is 6.12. The van der Waals surface area contributed by atoms with Crippen molar-refractivity contribution in [2.24, 2.45) is 11.8 Å². The van der Waals surface area contributed by atoms with Gasteiger partial charge >= 0.3 is 0 Å². The summed E-state index contributed by atoms with van der Waals surface area (Å²) in [4.78, 5) is 12.3. The maximum atomic E-state index is 12.7. The van der Waals surface area contributed by atoms with Crippen molar-refractivity contribution in [2.45, 2.75) is 50.8 Å². The van der Waals surface area contributed by atoms with Crippen molar-refractivity contribution < 1.29 is 13.2 Å². The summed E-state index contributed by atoms with van der Waals surface area (Å²) in [5.41, 5.74) is 0. The maximum Gasteiger partial charge on any atom is 0.243 e. The Morgan fingerprint density at radius 3 is 2.68 bits per heavy atom. The van der Waals surface area contributed by atoms with Crippen molar-refractivity contribution in [1.29, 1.82) is 0 Å². The lowest BCUT2D eigenvalue weighted by atomic mass is 9.94. The van der Waals surface area contributed by atoms with Gasteiger partial charge in [-0.1, -0.05) is 32.0 Å². The van der Waals surface area contributed by atoms with E-state index in [1.54, 1.807) is 28.6 Å². The van der Waals surface area contributed by atoms with Crippen LogP contribution in [0.15, 0.2) is 35.2 Å². The van der Waals surface area contributed by atoms with E-state index in [9.17, 15) is 13.2 Å². The van der Waals surface area contributed by atoms with Crippen molar-refractivity contribution in [1.82, 2.24) is 9.62 Å². The number of rotatable bonds is 8. The van der Waals surface area contributed by atoms with Crippen molar-refractivity contribution in [3.63, 3.8) is 0 Å². The first-order valence-corrected chi connectivity index (χ1v) is 10.7. The van der Waals surface area contributed by atoms with E-state index < -0.39 is 10.0 Å². The predicted octanol–water partition coefficient (Wildman–Crippen LogP) is 3.03. The second-order valence-electron chi connectivity index (χ2n) is 7.26. The summed E-state index contributed by atoms with van der Waals surface area (Å²) >= 11 is 0. The van der Waals surface area contributed by atoms with Crippen molar-refractivity contribution in [2.75, 3.05) is 19.6 Å². The second-order valence-corrected chi connectivity index (χ2v) is 9.19. The monoisotopic (exact) mass is 366 g/mol. The molecular weight excluding hydrogens is 336 g/mol. The molecule has 1 atom stereocenters. The molecule has 6 heteroatoms. The number of amides is 1. The van der Waals surface area contributed by atoms with Gasteiger partial charge in [0, 0.05) is 26.1 Å². The molecule has 1 saturated heterocycles. The van der Waals surface area contributed by atoms with Gasteiger partial charge in [-0.3, -0.25) is 4.79 Å². The lowest BCUT2D eigenvalue weighted by Crippen LogP contribution is -2.40. The van der Waals surface area contributed by atoms with Crippen LogP contribution in [0.3, 0.4) is 0 Å². The van der Waals surface area contributed by atoms with E-state index in [4.69, 9.17) is 0 Å². The quantitative estimate of drug-likeness (QED) is 0.769. The zero-order valence-corrected chi connectivity index (χ0v) is 16.1. The molecule has 1 amide bonds. The molecule has 1 heterocycles. The van der Waals surface area contributed by atoms with Crippen LogP contribution >= 0.6 is 0 Å². The Morgan fingerprint density at radius 1 is 1.28 bits per heavy atom. The van der Waals surface area contributed by atoms with E-state index in [1.165, 1.54) is 0 Å². The summed E-state index contributed by atoms with van der Waals surface area (Å²) in [6, 6.07) is 8.59. The smallest absolute Gasteiger partial charge is 0.243 e. The van der Waals surface area contributed by atoms with E-state index >= 15 is 0 Å². The highest BCUT2D eigenvalue weighted by Gasteiger charge is 2.30. The number of benzene rings is 1. The molecule has 0 saturated carbocycles. The Kier molecular flexibility index (Phi) is 7.44. The molecule has 1 aromatic carbocycles. The molecule has 1 N–H and O–H groups in total.